The van der Waals surface area contributed by atoms with E-state index < -0.39 is 20.5 Å². The molecule has 0 spiro atoms. The minimum Gasteiger partial charge on any atom is -0.412 e. The Bertz CT molecular complexity index is 56.3. The van der Waals surface area contributed by atoms with Crippen molar-refractivity contribution in [2.45, 2.75) is 0 Å². The number of halogens is 2. The Balaban J connectivity index is -0.0000000178. The Morgan fingerprint density at radius 1 is 0.429 bits per heavy atom. The van der Waals surface area contributed by atoms with Gasteiger partial charge in [-0.05, 0) is 0 Å². The van der Waals surface area contributed by atoms with Crippen LogP contribution in [0.25, 0.3) is 0 Å². The number of hydrogen-bond donors (Lipinski definition) is 0. The minimum absolute atomic E-state index is 0. The van der Waals surface area contributed by atoms with Crippen molar-refractivity contribution in [3.63, 3.8) is 0 Å². The summed E-state index contributed by atoms with van der Waals surface area (Å²) in [5.74, 6) is 0. The van der Waals surface area contributed by atoms with Gasteiger partial charge in [0.25, 0.3) is 0 Å². The monoisotopic (exact) mass is 310 g/mol. The van der Waals surface area contributed by atoms with Gasteiger partial charge >= 0.3 is 16.5 Å². The SMILES string of the molecule is O.O.O.[Ni+2].[O-][Cl+3]([O-])([O-])[O-].[O-][Cl+3]([O-])([O-])[O-]. The van der Waals surface area contributed by atoms with E-state index in [2.05, 4.69) is 0 Å². The van der Waals surface area contributed by atoms with E-state index in [0.717, 1.165) is 0 Å². The summed E-state index contributed by atoms with van der Waals surface area (Å²) in [4.78, 5) is 0. The summed E-state index contributed by atoms with van der Waals surface area (Å²) in [6.45, 7) is 0. The molecule has 0 aliphatic rings. The summed E-state index contributed by atoms with van der Waals surface area (Å²) in [7, 11) is -9.89. The standard InChI is InChI=1S/2ClHO4.Ni.3H2O/c2*2-1(3,4)5;;;;/h2*(H,2,3,4,5);;3*1H2/q;;+2;;;/p-2. The van der Waals surface area contributed by atoms with Gasteiger partial charge in [0, 0.05) is 0 Å². The van der Waals surface area contributed by atoms with E-state index in [-0.39, 0.29) is 32.9 Å². The van der Waals surface area contributed by atoms with Gasteiger partial charge in [0.1, 0.15) is 0 Å². The molecule has 11 nitrogen and oxygen atoms in total. The fraction of sp³-hybridized carbons (Fsp3) is 0. The molecule has 0 fully saturated rings. The van der Waals surface area contributed by atoms with Gasteiger partial charge in [0.05, 0.1) is 0 Å². The molecule has 0 rings (SSSR count). The molecule has 0 bridgehead atoms. The first kappa shape index (κ1) is 36.5. The molecule has 6 N–H and O–H groups in total. The molecule has 0 aliphatic heterocycles. The molecular weight excluding hydrogens is 306 g/mol. The molecule has 0 amide bonds. The van der Waals surface area contributed by atoms with Gasteiger partial charge < -0.3 is 16.4 Å². The van der Waals surface area contributed by atoms with E-state index in [0.29, 0.717) is 0 Å². The Hall–Kier alpha value is 0.634. The molecule has 0 saturated heterocycles. The summed E-state index contributed by atoms with van der Waals surface area (Å²) in [6, 6.07) is 0. The van der Waals surface area contributed by atoms with Crippen LogP contribution >= 0.6 is 0 Å². The zero-order chi connectivity index (χ0) is 9.00. The molecule has 0 aromatic rings. The Morgan fingerprint density at radius 3 is 0.429 bits per heavy atom. The van der Waals surface area contributed by atoms with E-state index in [1.54, 1.807) is 0 Å². The fourth-order valence-electron chi connectivity index (χ4n) is 0. The molecule has 14 heteroatoms. The van der Waals surface area contributed by atoms with Crippen molar-refractivity contribution in [3.8, 4) is 0 Å². The zero-order valence-electron chi connectivity index (χ0n) is 5.84. The molecular formula is H6Cl2NiO11. The maximum atomic E-state index is 8.49. The van der Waals surface area contributed by atoms with E-state index in [9.17, 15) is 0 Å². The molecule has 0 heterocycles. The van der Waals surface area contributed by atoms with Crippen LogP contribution in [-0.2, 0) is 16.5 Å². The number of rotatable bonds is 0. The summed E-state index contributed by atoms with van der Waals surface area (Å²) >= 11 is 0. The first-order valence-electron chi connectivity index (χ1n) is 1.23. The maximum Gasteiger partial charge on any atom is 2.00 e. The van der Waals surface area contributed by atoms with Crippen molar-refractivity contribution in [3.05, 3.63) is 0 Å². The molecule has 0 saturated carbocycles. The Morgan fingerprint density at radius 2 is 0.429 bits per heavy atom. The second-order valence-corrected chi connectivity index (χ2v) is 2.27. The van der Waals surface area contributed by atoms with Crippen molar-refractivity contribution < 1.29 is 90.7 Å². The quantitative estimate of drug-likeness (QED) is 0.385. The van der Waals surface area contributed by atoms with Crippen molar-refractivity contribution in [2.75, 3.05) is 0 Å². The molecule has 0 radical (unpaired) electrons. The van der Waals surface area contributed by atoms with Gasteiger partial charge in [-0.2, -0.15) is 0 Å². The molecule has 96 valence electrons. The van der Waals surface area contributed by atoms with E-state index >= 15 is 0 Å². The Labute approximate surface area is 91.1 Å². The van der Waals surface area contributed by atoms with Crippen molar-refractivity contribution in [1.29, 1.82) is 0 Å². The smallest absolute Gasteiger partial charge is 0.412 e. The van der Waals surface area contributed by atoms with Gasteiger partial charge in [0.15, 0.2) is 0 Å². The predicted octanol–water partition coefficient (Wildman–Crippen LogP) is -12.0. The largest absolute Gasteiger partial charge is 2.00 e. The molecule has 0 aromatic carbocycles. The van der Waals surface area contributed by atoms with Crippen molar-refractivity contribution in [2.24, 2.45) is 0 Å². The Kier molecular flexibility index (Phi) is 35.5. The van der Waals surface area contributed by atoms with Crippen LogP contribution in [0.1, 0.15) is 0 Å². The number of hydrogen-bond acceptors (Lipinski definition) is 8. The van der Waals surface area contributed by atoms with Gasteiger partial charge in [0.2, 0.25) is 0 Å². The topological polar surface area (TPSA) is 279 Å². The second kappa shape index (κ2) is 13.6. The first-order chi connectivity index (χ1) is 4.00. The average molecular weight is 312 g/mol. The third kappa shape index (κ3) is 4260. The van der Waals surface area contributed by atoms with E-state index in [1.165, 1.54) is 0 Å². The summed E-state index contributed by atoms with van der Waals surface area (Å²) < 4.78 is 67.9. The molecule has 0 aromatic heterocycles. The zero-order valence-corrected chi connectivity index (χ0v) is 8.34. The van der Waals surface area contributed by atoms with E-state index in [4.69, 9.17) is 37.3 Å². The van der Waals surface area contributed by atoms with Crippen LogP contribution in [-0.4, -0.2) is 16.4 Å². The summed E-state index contributed by atoms with van der Waals surface area (Å²) in [5, 5.41) is 0. The van der Waals surface area contributed by atoms with Crippen LogP contribution in [0.15, 0.2) is 0 Å². The third-order valence-electron chi connectivity index (χ3n) is 0. The molecule has 0 aliphatic carbocycles. The van der Waals surface area contributed by atoms with Crippen molar-refractivity contribution in [1.82, 2.24) is 0 Å². The van der Waals surface area contributed by atoms with Crippen molar-refractivity contribution >= 4 is 0 Å². The predicted molar refractivity (Wildman–Crippen MR) is 10.8 cm³/mol. The van der Waals surface area contributed by atoms with Crippen LogP contribution in [0, 0.1) is 20.5 Å². The first-order valence-corrected chi connectivity index (χ1v) is 3.70. The van der Waals surface area contributed by atoms with Crippen LogP contribution in [0.2, 0.25) is 0 Å². The van der Waals surface area contributed by atoms with Crippen LogP contribution < -0.4 is 37.3 Å². The van der Waals surface area contributed by atoms with Gasteiger partial charge in [-0.25, -0.2) is 37.3 Å². The third-order valence-corrected chi connectivity index (χ3v) is 0. The van der Waals surface area contributed by atoms with E-state index in [1.807, 2.05) is 0 Å². The molecule has 0 unspecified atom stereocenters. The summed E-state index contributed by atoms with van der Waals surface area (Å²) in [5.41, 5.74) is 0. The van der Waals surface area contributed by atoms with Gasteiger partial charge in [-0.3, -0.25) is 0 Å². The average Bonchev–Trinajstić information content (AvgIpc) is 1.12. The molecule has 14 heavy (non-hydrogen) atoms. The van der Waals surface area contributed by atoms with Gasteiger partial charge in [-0.15, -0.1) is 20.5 Å². The van der Waals surface area contributed by atoms with Gasteiger partial charge in [-0.1, -0.05) is 0 Å². The van der Waals surface area contributed by atoms with Crippen LogP contribution in [0.4, 0.5) is 0 Å². The normalized spacial score (nSPS) is 8.57. The molecule has 0 atom stereocenters. The summed E-state index contributed by atoms with van der Waals surface area (Å²) in [6.07, 6.45) is 0. The van der Waals surface area contributed by atoms with Crippen LogP contribution in [0.5, 0.6) is 0 Å². The fourth-order valence-corrected chi connectivity index (χ4v) is 0. The van der Waals surface area contributed by atoms with Crippen LogP contribution in [0.3, 0.4) is 0 Å². The minimum atomic E-state index is -4.94. The maximum absolute atomic E-state index is 8.49. The second-order valence-electron chi connectivity index (χ2n) is 0.756.